The number of halogens is 3. The van der Waals surface area contributed by atoms with E-state index in [1.165, 1.54) is 12.1 Å². The van der Waals surface area contributed by atoms with Crippen molar-refractivity contribution < 1.29 is 13.2 Å². The van der Waals surface area contributed by atoms with Crippen molar-refractivity contribution in [1.82, 2.24) is 4.98 Å². The average molecular weight is 204 g/mol. The molecule has 0 saturated heterocycles. The summed E-state index contributed by atoms with van der Waals surface area (Å²) in [5.74, 6) is 0. The smallest absolute Gasteiger partial charge is 0.341 e. The van der Waals surface area contributed by atoms with Crippen LogP contribution in [0.25, 0.3) is 0 Å². The maximum Gasteiger partial charge on any atom is 0.432 e. The predicted octanol–water partition coefficient (Wildman–Crippen LogP) is 2.63. The number of pyridine rings is 1. The average Bonchev–Trinajstić information content (AvgIpc) is 2.03. The Morgan fingerprint density at radius 2 is 2.00 bits per heavy atom. The van der Waals surface area contributed by atoms with Crippen LogP contribution in [0.3, 0.4) is 0 Å². The van der Waals surface area contributed by atoms with Crippen molar-refractivity contribution in [3.63, 3.8) is 0 Å². The molecule has 0 fully saturated rings. The number of nitrogens with zero attached hydrogens (tertiary/aromatic N) is 1. The highest BCUT2D eigenvalue weighted by Crippen LogP contribution is 2.29. The van der Waals surface area contributed by atoms with Crippen LogP contribution in [0.1, 0.15) is 11.3 Å². The lowest BCUT2D eigenvalue weighted by Gasteiger charge is -2.07. The number of alkyl halides is 3. The first kappa shape index (κ1) is 9.74. The molecule has 0 unspecified atom stereocenters. The van der Waals surface area contributed by atoms with E-state index in [4.69, 9.17) is 5.26 Å². The highest BCUT2D eigenvalue weighted by Gasteiger charge is 2.34. The maximum absolute atomic E-state index is 12.2. The molecule has 0 aliphatic rings. The van der Waals surface area contributed by atoms with Gasteiger partial charge in [0.2, 0.25) is 0 Å². The Kier molecular flexibility index (Phi) is 2.38. The fraction of sp³-hybridized carbons (Fsp3) is 0.143. The summed E-state index contributed by atoms with van der Waals surface area (Å²) in [6.07, 6.45) is -4.57. The van der Waals surface area contributed by atoms with Crippen molar-refractivity contribution in [3.05, 3.63) is 28.0 Å². The van der Waals surface area contributed by atoms with Crippen LogP contribution in [-0.4, -0.2) is 4.98 Å². The standard InChI is InChI=1S/C7H3F3N2S/c8-7(9,10)6-4(3-11)1-2-5(13)12-6/h1-2H,(H,12,13). The van der Waals surface area contributed by atoms with Gasteiger partial charge in [-0.2, -0.15) is 18.4 Å². The first-order valence-corrected chi connectivity index (χ1v) is 3.56. The molecular weight excluding hydrogens is 201 g/mol. The molecule has 0 atom stereocenters. The van der Waals surface area contributed by atoms with Crippen LogP contribution >= 0.6 is 12.2 Å². The van der Waals surface area contributed by atoms with Gasteiger partial charge in [0.05, 0.1) is 5.56 Å². The Morgan fingerprint density at radius 1 is 1.38 bits per heavy atom. The summed E-state index contributed by atoms with van der Waals surface area (Å²) in [5, 5.41) is 8.37. The lowest BCUT2D eigenvalue weighted by atomic mass is 10.2. The first-order chi connectivity index (χ1) is 5.95. The zero-order valence-corrected chi connectivity index (χ0v) is 6.96. The molecule has 0 bridgehead atoms. The van der Waals surface area contributed by atoms with Gasteiger partial charge < -0.3 is 4.98 Å². The largest absolute Gasteiger partial charge is 0.432 e. The Hall–Kier alpha value is -1.35. The van der Waals surface area contributed by atoms with Crippen LogP contribution in [0.15, 0.2) is 12.1 Å². The Labute approximate surface area is 76.6 Å². The molecule has 0 aliphatic carbocycles. The van der Waals surface area contributed by atoms with Gasteiger partial charge in [-0.1, -0.05) is 12.2 Å². The summed E-state index contributed by atoms with van der Waals surface area (Å²) in [5.41, 5.74) is -1.55. The van der Waals surface area contributed by atoms with Crippen molar-refractivity contribution in [2.75, 3.05) is 0 Å². The topological polar surface area (TPSA) is 39.6 Å². The molecule has 1 rings (SSSR count). The summed E-state index contributed by atoms with van der Waals surface area (Å²) in [4.78, 5) is 1.93. The third-order valence-corrected chi connectivity index (χ3v) is 1.56. The first-order valence-electron chi connectivity index (χ1n) is 3.16. The Bertz CT molecular complexity index is 413. The van der Waals surface area contributed by atoms with E-state index in [0.29, 0.717) is 0 Å². The molecule has 1 heterocycles. The van der Waals surface area contributed by atoms with Crippen LogP contribution in [0, 0.1) is 16.0 Å². The second kappa shape index (κ2) is 3.18. The molecule has 13 heavy (non-hydrogen) atoms. The van der Waals surface area contributed by atoms with Gasteiger partial charge in [-0.25, -0.2) is 0 Å². The van der Waals surface area contributed by atoms with E-state index in [-0.39, 0.29) is 4.64 Å². The van der Waals surface area contributed by atoms with E-state index in [1.54, 1.807) is 0 Å². The molecule has 0 saturated carbocycles. The predicted molar refractivity (Wildman–Crippen MR) is 41.3 cm³/mol. The van der Waals surface area contributed by atoms with Gasteiger partial charge in [0, 0.05) is 0 Å². The third kappa shape index (κ3) is 2.06. The summed E-state index contributed by atoms with van der Waals surface area (Å²) < 4.78 is 36.5. The van der Waals surface area contributed by atoms with Crippen molar-refractivity contribution in [1.29, 1.82) is 5.26 Å². The van der Waals surface area contributed by atoms with E-state index < -0.39 is 17.4 Å². The molecule has 1 aromatic heterocycles. The summed E-state index contributed by atoms with van der Waals surface area (Å²) in [6.45, 7) is 0. The maximum atomic E-state index is 12.2. The lowest BCUT2D eigenvalue weighted by Crippen LogP contribution is -2.10. The molecule has 1 N–H and O–H groups in total. The summed E-state index contributed by atoms with van der Waals surface area (Å²) >= 11 is 4.51. The molecule has 6 heteroatoms. The Balaban J connectivity index is 3.44. The number of aromatic amines is 1. The number of nitrogens with one attached hydrogen (secondary N) is 1. The van der Waals surface area contributed by atoms with Gasteiger partial charge >= 0.3 is 6.18 Å². The SMILES string of the molecule is N#Cc1ccc(=S)[nH]c1C(F)(F)F. The van der Waals surface area contributed by atoms with Crippen molar-refractivity contribution >= 4 is 12.2 Å². The fourth-order valence-corrected chi connectivity index (χ4v) is 0.961. The van der Waals surface area contributed by atoms with Gasteiger partial charge in [-0.3, -0.25) is 0 Å². The molecule has 0 amide bonds. The van der Waals surface area contributed by atoms with E-state index in [0.717, 1.165) is 6.07 Å². The van der Waals surface area contributed by atoms with Crippen molar-refractivity contribution in [2.45, 2.75) is 6.18 Å². The number of hydrogen-bond donors (Lipinski definition) is 1. The van der Waals surface area contributed by atoms with Gasteiger partial charge in [-0.15, -0.1) is 0 Å². The molecule has 68 valence electrons. The van der Waals surface area contributed by atoms with Crippen LogP contribution in [0.4, 0.5) is 13.2 Å². The fourth-order valence-electron chi connectivity index (χ4n) is 0.791. The van der Waals surface area contributed by atoms with E-state index in [2.05, 4.69) is 12.2 Å². The second-order valence-electron chi connectivity index (χ2n) is 2.22. The van der Waals surface area contributed by atoms with Crippen LogP contribution in [0.5, 0.6) is 0 Å². The van der Waals surface area contributed by atoms with Crippen molar-refractivity contribution in [2.24, 2.45) is 0 Å². The lowest BCUT2D eigenvalue weighted by molar-refractivity contribution is -0.141. The van der Waals surface area contributed by atoms with Crippen molar-refractivity contribution in [3.8, 4) is 6.07 Å². The zero-order chi connectivity index (χ0) is 10.1. The third-order valence-electron chi connectivity index (χ3n) is 1.32. The summed E-state index contributed by atoms with van der Waals surface area (Å²) in [7, 11) is 0. The minimum absolute atomic E-state index is 0.0497. The van der Waals surface area contributed by atoms with E-state index >= 15 is 0 Å². The number of hydrogen-bond acceptors (Lipinski definition) is 2. The molecule has 2 nitrogen and oxygen atoms in total. The molecule has 0 aliphatic heterocycles. The zero-order valence-electron chi connectivity index (χ0n) is 6.14. The molecular formula is C7H3F3N2S. The Morgan fingerprint density at radius 3 is 2.46 bits per heavy atom. The van der Waals surface area contributed by atoms with Gasteiger partial charge in [0.1, 0.15) is 16.4 Å². The van der Waals surface area contributed by atoms with Crippen LogP contribution < -0.4 is 0 Å². The van der Waals surface area contributed by atoms with Crippen LogP contribution in [-0.2, 0) is 6.18 Å². The number of rotatable bonds is 0. The highest BCUT2D eigenvalue weighted by atomic mass is 32.1. The van der Waals surface area contributed by atoms with Gasteiger partial charge in [0.15, 0.2) is 0 Å². The molecule has 0 radical (unpaired) electrons. The van der Waals surface area contributed by atoms with Gasteiger partial charge in [-0.05, 0) is 12.1 Å². The monoisotopic (exact) mass is 204 g/mol. The van der Waals surface area contributed by atoms with E-state index in [1.807, 2.05) is 4.98 Å². The highest BCUT2D eigenvalue weighted by molar-refractivity contribution is 7.71. The second-order valence-corrected chi connectivity index (χ2v) is 2.66. The van der Waals surface area contributed by atoms with E-state index in [9.17, 15) is 13.2 Å². The number of H-pyrrole nitrogens is 1. The quantitative estimate of drug-likeness (QED) is 0.660. The normalized spacial score (nSPS) is 10.9. The summed E-state index contributed by atoms with van der Waals surface area (Å²) in [6, 6.07) is 3.71. The number of nitriles is 1. The minimum atomic E-state index is -4.57. The number of aromatic nitrogens is 1. The molecule has 0 aromatic carbocycles. The molecule has 0 spiro atoms. The van der Waals surface area contributed by atoms with Crippen LogP contribution in [0.2, 0.25) is 0 Å². The van der Waals surface area contributed by atoms with Gasteiger partial charge in [0.25, 0.3) is 0 Å². The molecule has 1 aromatic rings. The minimum Gasteiger partial charge on any atom is -0.341 e.